The van der Waals surface area contributed by atoms with E-state index in [9.17, 15) is 5.11 Å². The lowest BCUT2D eigenvalue weighted by Gasteiger charge is -2.13. The van der Waals surface area contributed by atoms with Crippen LogP contribution in [-0.2, 0) is 0 Å². The van der Waals surface area contributed by atoms with Gasteiger partial charge in [-0.25, -0.2) is 5.43 Å². The summed E-state index contributed by atoms with van der Waals surface area (Å²) in [5.41, 5.74) is 5.98. The average Bonchev–Trinajstić information content (AvgIpc) is 2.95. The van der Waals surface area contributed by atoms with Crippen LogP contribution in [0.3, 0.4) is 0 Å². The molecule has 1 aliphatic heterocycles. The molecule has 0 aromatic carbocycles. The summed E-state index contributed by atoms with van der Waals surface area (Å²) in [7, 11) is 0. The molecule has 0 saturated heterocycles. The molecule has 0 saturated carbocycles. The second-order valence-corrected chi connectivity index (χ2v) is 5.58. The lowest BCUT2D eigenvalue weighted by Crippen LogP contribution is -2.46. The van der Waals surface area contributed by atoms with Crippen LogP contribution in [0.25, 0.3) is 0 Å². The van der Waals surface area contributed by atoms with E-state index >= 15 is 0 Å². The summed E-state index contributed by atoms with van der Waals surface area (Å²) in [4.78, 5) is 4.20. The average molecular weight is 284 g/mol. The third-order valence-electron chi connectivity index (χ3n) is 3.61. The van der Waals surface area contributed by atoms with Crippen LogP contribution < -0.4 is 16.2 Å². The van der Waals surface area contributed by atoms with Gasteiger partial charge >= 0.3 is 0 Å². The van der Waals surface area contributed by atoms with E-state index in [-0.39, 0.29) is 6.10 Å². The van der Waals surface area contributed by atoms with Gasteiger partial charge in [-0.05, 0) is 6.42 Å². The number of guanidine groups is 1. The van der Waals surface area contributed by atoms with Gasteiger partial charge in [-0.15, -0.1) is 0 Å². The van der Waals surface area contributed by atoms with E-state index < -0.39 is 0 Å². The highest BCUT2D eigenvalue weighted by Crippen LogP contribution is 2.10. The van der Waals surface area contributed by atoms with Crippen molar-refractivity contribution in [3.8, 4) is 0 Å². The first-order valence-electron chi connectivity index (χ1n) is 8.28. The minimum absolute atomic E-state index is 0.274. The minimum Gasteiger partial charge on any atom is -0.392 e. The molecule has 1 heterocycles. The number of nitrogens with zero attached hydrogens (tertiary/aromatic N) is 1. The van der Waals surface area contributed by atoms with Gasteiger partial charge in [-0.3, -0.25) is 10.4 Å². The van der Waals surface area contributed by atoms with Crippen molar-refractivity contribution in [1.29, 1.82) is 0 Å². The number of nitrogens with one attached hydrogen (secondary N) is 3. The SMILES string of the molecule is CCCCCCCCCCC(O)CNNC1=NCCN1. The highest BCUT2D eigenvalue weighted by Gasteiger charge is 2.06. The van der Waals surface area contributed by atoms with Crippen LogP contribution in [-0.4, -0.2) is 36.8 Å². The number of aliphatic imine (C=N–C) groups is 1. The molecule has 0 spiro atoms. The summed E-state index contributed by atoms with van der Waals surface area (Å²) in [6.45, 7) is 4.53. The fraction of sp³-hybridized carbons (Fsp3) is 0.933. The van der Waals surface area contributed by atoms with Gasteiger partial charge in [0.2, 0.25) is 5.96 Å². The van der Waals surface area contributed by atoms with Crippen LogP contribution in [0.1, 0.15) is 64.7 Å². The summed E-state index contributed by atoms with van der Waals surface area (Å²) in [5, 5.41) is 12.9. The van der Waals surface area contributed by atoms with Crippen LogP contribution >= 0.6 is 0 Å². The lowest BCUT2D eigenvalue weighted by molar-refractivity contribution is 0.155. The molecule has 1 aliphatic rings. The lowest BCUT2D eigenvalue weighted by atomic mass is 10.1. The monoisotopic (exact) mass is 284 g/mol. The fourth-order valence-corrected chi connectivity index (χ4v) is 2.35. The zero-order valence-electron chi connectivity index (χ0n) is 13.0. The third-order valence-corrected chi connectivity index (χ3v) is 3.61. The predicted octanol–water partition coefficient (Wildman–Crippen LogP) is 1.93. The van der Waals surface area contributed by atoms with Crippen LogP contribution in [0, 0.1) is 0 Å². The third kappa shape index (κ3) is 9.15. The van der Waals surface area contributed by atoms with Crippen LogP contribution in [0.2, 0.25) is 0 Å². The Balaban J connectivity index is 1.81. The maximum atomic E-state index is 9.83. The molecule has 1 unspecified atom stereocenters. The molecular weight excluding hydrogens is 252 g/mol. The number of aliphatic hydroxyl groups is 1. The van der Waals surface area contributed by atoms with E-state index in [0.717, 1.165) is 31.9 Å². The van der Waals surface area contributed by atoms with Gasteiger partial charge in [0.1, 0.15) is 0 Å². The van der Waals surface area contributed by atoms with E-state index in [2.05, 4.69) is 28.1 Å². The summed E-state index contributed by atoms with van der Waals surface area (Å²) >= 11 is 0. The Morgan fingerprint density at radius 3 is 2.50 bits per heavy atom. The minimum atomic E-state index is -0.274. The zero-order valence-corrected chi connectivity index (χ0v) is 13.0. The van der Waals surface area contributed by atoms with Gasteiger partial charge in [0, 0.05) is 13.1 Å². The molecule has 0 aromatic rings. The first-order valence-corrected chi connectivity index (χ1v) is 8.28. The number of rotatable bonds is 12. The van der Waals surface area contributed by atoms with Crippen molar-refractivity contribution >= 4 is 5.96 Å². The predicted molar refractivity (Wildman–Crippen MR) is 84.7 cm³/mol. The molecule has 5 heteroatoms. The van der Waals surface area contributed by atoms with Crippen molar-refractivity contribution in [3.05, 3.63) is 0 Å². The van der Waals surface area contributed by atoms with Gasteiger partial charge < -0.3 is 10.4 Å². The normalized spacial score (nSPS) is 15.8. The molecule has 1 rings (SSSR count). The van der Waals surface area contributed by atoms with Crippen LogP contribution in [0.4, 0.5) is 0 Å². The Morgan fingerprint density at radius 1 is 1.15 bits per heavy atom. The highest BCUT2D eigenvalue weighted by atomic mass is 16.3. The number of unbranched alkanes of at least 4 members (excludes halogenated alkanes) is 7. The van der Waals surface area contributed by atoms with E-state index in [1.54, 1.807) is 0 Å². The Hall–Kier alpha value is -0.810. The number of hydrogen-bond donors (Lipinski definition) is 4. The fourth-order valence-electron chi connectivity index (χ4n) is 2.35. The Kier molecular flexibility index (Phi) is 10.3. The maximum absolute atomic E-state index is 9.83. The standard InChI is InChI=1S/C15H32N4O/c1-2-3-4-5-6-7-8-9-10-14(20)13-18-19-15-16-11-12-17-15/h14,18,20H,2-13H2,1H3,(H2,16,17,19). The molecule has 118 valence electrons. The van der Waals surface area contributed by atoms with Crippen LogP contribution in [0.15, 0.2) is 4.99 Å². The molecule has 0 bridgehead atoms. The largest absolute Gasteiger partial charge is 0.392 e. The van der Waals surface area contributed by atoms with Gasteiger partial charge in [-0.2, -0.15) is 0 Å². The van der Waals surface area contributed by atoms with Crippen molar-refractivity contribution in [3.63, 3.8) is 0 Å². The number of hydrogen-bond acceptors (Lipinski definition) is 5. The van der Waals surface area contributed by atoms with Crippen molar-refractivity contribution in [2.45, 2.75) is 70.8 Å². The quantitative estimate of drug-likeness (QED) is 0.326. The van der Waals surface area contributed by atoms with E-state index in [1.807, 2.05) is 0 Å². The molecular formula is C15H32N4O. The van der Waals surface area contributed by atoms with Crippen molar-refractivity contribution in [2.75, 3.05) is 19.6 Å². The molecule has 0 aromatic heterocycles. The first kappa shape index (κ1) is 17.2. The second kappa shape index (κ2) is 12.0. The summed E-state index contributed by atoms with van der Waals surface area (Å²) in [5.74, 6) is 0.782. The summed E-state index contributed by atoms with van der Waals surface area (Å²) in [6.07, 6.45) is 11.1. The number of aliphatic hydroxyl groups excluding tert-OH is 1. The molecule has 1 atom stereocenters. The molecule has 20 heavy (non-hydrogen) atoms. The van der Waals surface area contributed by atoms with Crippen molar-refractivity contribution in [2.24, 2.45) is 4.99 Å². The topological polar surface area (TPSA) is 68.7 Å². The van der Waals surface area contributed by atoms with Gasteiger partial charge in [-0.1, -0.05) is 58.3 Å². The van der Waals surface area contributed by atoms with Gasteiger partial charge in [0.15, 0.2) is 0 Å². The van der Waals surface area contributed by atoms with Crippen LogP contribution in [0.5, 0.6) is 0 Å². The highest BCUT2D eigenvalue weighted by molar-refractivity contribution is 5.80. The summed E-state index contributed by atoms with van der Waals surface area (Å²) < 4.78 is 0. The molecule has 5 nitrogen and oxygen atoms in total. The Morgan fingerprint density at radius 2 is 1.85 bits per heavy atom. The smallest absolute Gasteiger partial charge is 0.206 e. The first-order chi connectivity index (χ1) is 9.83. The molecule has 0 aliphatic carbocycles. The molecule has 0 amide bonds. The summed E-state index contributed by atoms with van der Waals surface area (Å²) in [6, 6.07) is 0. The van der Waals surface area contributed by atoms with E-state index in [1.165, 1.54) is 44.9 Å². The molecule has 0 fully saturated rings. The molecule has 0 radical (unpaired) electrons. The van der Waals surface area contributed by atoms with E-state index in [4.69, 9.17) is 0 Å². The second-order valence-electron chi connectivity index (χ2n) is 5.58. The van der Waals surface area contributed by atoms with Crippen molar-refractivity contribution < 1.29 is 5.11 Å². The zero-order chi connectivity index (χ0) is 14.5. The molecule has 4 N–H and O–H groups in total. The Bertz CT molecular complexity index is 258. The van der Waals surface area contributed by atoms with Gasteiger partial charge in [0.05, 0.1) is 12.6 Å². The van der Waals surface area contributed by atoms with Gasteiger partial charge in [0.25, 0.3) is 0 Å². The number of hydrazine groups is 1. The maximum Gasteiger partial charge on any atom is 0.206 e. The van der Waals surface area contributed by atoms with E-state index in [0.29, 0.717) is 6.54 Å². The van der Waals surface area contributed by atoms with Crippen molar-refractivity contribution in [1.82, 2.24) is 16.2 Å². The Labute approximate surface area is 123 Å².